The summed E-state index contributed by atoms with van der Waals surface area (Å²) in [5, 5.41) is 7.61. The van der Waals surface area contributed by atoms with Crippen LogP contribution >= 0.6 is 0 Å². The van der Waals surface area contributed by atoms with E-state index in [0.29, 0.717) is 5.82 Å². The van der Waals surface area contributed by atoms with Crippen LogP contribution < -0.4 is 16.6 Å². The number of hydrogen-bond acceptors (Lipinski definition) is 6. The predicted octanol–water partition coefficient (Wildman–Crippen LogP) is 1.27. The monoisotopic (exact) mass is 275 g/mol. The normalized spacial score (nSPS) is 10.8. The molecule has 2 heterocycles. The SMILES string of the molecule is CC(C)c1nc(NN)cc(NCCc2ccn(C)n2)n1. The molecule has 7 nitrogen and oxygen atoms in total. The number of nitrogens with zero attached hydrogens (tertiary/aromatic N) is 4. The van der Waals surface area contributed by atoms with Crippen molar-refractivity contribution < 1.29 is 0 Å². The number of anilines is 2. The fourth-order valence-corrected chi connectivity index (χ4v) is 1.80. The summed E-state index contributed by atoms with van der Waals surface area (Å²) in [5.74, 6) is 7.83. The summed E-state index contributed by atoms with van der Waals surface area (Å²) in [5.41, 5.74) is 3.62. The van der Waals surface area contributed by atoms with Crippen LogP contribution in [0.25, 0.3) is 0 Å². The molecule has 0 spiro atoms. The van der Waals surface area contributed by atoms with E-state index in [-0.39, 0.29) is 5.92 Å². The Hall–Kier alpha value is -2.15. The molecule has 20 heavy (non-hydrogen) atoms. The van der Waals surface area contributed by atoms with Crippen LogP contribution in [0.3, 0.4) is 0 Å². The summed E-state index contributed by atoms with van der Waals surface area (Å²) in [6, 6.07) is 3.80. The lowest BCUT2D eigenvalue weighted by atomic mass is 10.2. The van der Waals surface area contributed by atoms with Crippen molar-refractivity contribution in [3.63, 3.8) is 0 Å². The van der Waals surface area contributed by atoms with E-state index in [2.05, 4.69) is 25.8 Å². The third-order valence-electron chi connectivity index (χ3n) is 2.86. The van der Waals surface area contributed by atoms with Gasteiger partial charge in [0.05, 0.1) is 5.69 Å². The summed E-state index contributed by atoms with van der Waals surface area (Å²) in [6.45, 7) is 4.86. The van der Waals surface area contributed by atoms with Crippen molar-refractivity contribution in [3.05, 3.63) is 29.8 Å². The first-order chi connectivity index (χ1) is 9.58. The topological polar surface area (TPSA) is 93.7 Å². The molecule has 0 atom stereocenters. The van der Waals surface area contributed by atoms with Crippen molar-refractivity contribution in [1.82, 2.24) is 19.7 Å². The van der Waals surface area contributed by atoms with Crippen LogP contribution in [-0.2, 0) is 13.5 Å². The van der Waals surface area contributed by atoms with E-state index in [9.17, 15) is 0 Å². The third kappa shape index (κ3) is 3.67. The number of aromatic nitrogens is 4. The van der Waals surface area contributed by atoms with Crippen molar-refractivity contribution >= 4 is 11.6 Å². The molecule has 108 valence electrons. The van der Waals surface area contributed by atoms with E-state index in [4.69, 9.17) is 5.84 Å². The molecule has 0 fully saturated rings. The highest BCUT2D eigenvalue weighted by Crippen LogP contribution is 2.16. The molecule has 7 heteroatoms. The Labute approximate surface area is 118 Å². The van der Waals surface area contributed by atoms with Crippen molar-refractivity contribution in [2.75, 3.05) is 17.3 Å². The zero-order valence-electron chi connectivity index (χ0n) is 12.1. The molecule has 0 aromatic carbocycles. The van der Waals surface area contributed by atoms with E-state index >= 15 is 0 Å². The average Bonchev–Trinajstić information content (AvgIpc) is 2.84. The first-order valence-corrected chi connectivity index (χ1v) is 6.66. The number of hydrogen-bond donors (Lipinski definition) is 3. The quantitative estimate of drug-likeness (QED) is 0.543. The predicted molar refractivity (Wildman–Crippen MR) is 79.3 cm³/mol. The molecule has 2 rings (SSSR count). The molecule has 0 aliphatic rings. The van der Waals surface area contributed by atoms with Crippen LogP contribution in [0, 0.1) is 0 Å². The van der Waals surface area contributed by atoms with Gasteiger partial charge in [-0.15, -0.1) is 0 Å². The van der Waals surface area contributed by atoms with Gasteiger partial charge in [-0.3, -0.25) is 4.68 Å². The van der Waals surface area contributed by atoms with Gasteiger partial charge in [-0.1, -0.05) is 13.8 Å². The minimum atomic E-state index is 0.250. The van der Waals surface area contributed by atoms with E-state index in [1.165, 1.54) is 0 Å². The fraction of sp³-hybridized carbons (Fsp3) is 0.462. The van der Waals surface area contributed by atoms with E-state index in [1.54, 1.807) is 10.7 Å². The highest BCUT2D eigenvalue weighted by atomic mass is 15.3. The van der Waals surface area contributed by atoms with Crippen LogP contribution in [0.2, 0.25) is 0 Å². The van der Waals surface area contributed by atoms with Crippen molar-refractivity contribution in [2.24, 2.45) is 12.9 Å². The molecule has 0 unspecified atom stereocenters. The fourth-order valence-electron chi connectivity index (χ4n) is 1.80. The summed E-state index contributed by atoms with van der Waals surface area (Å²) in [6.07, 6.45) is 2.78. The highest BCUT2D eigenvalue weighted by Gasteiger charge is 2.07. The summed E-state index contributed by atoms with van der Waals surface area (Å²) in [4.78, 5) is 8.79. The largest absolute Gasteiger partial charge is 0.370 e. The number of nitrogens with two attached hydrogens (primary N) is 1. The molecule has 0 aliphatic heterocycles. The second-order valence-electron chi connectivity index (χ2n) is 4.95. The number of hydrazine groups is 1. The lowest BCUT2D eigenvalue weighted by Crippen LogP contribution is -2.14. The van der Waals surface area contributed by atoms with Crippen molar-refractivity contribution in [2.45, 2.75) is 26.2 Å². The van der Waals surface area contributed by atoms with E-state index < -0.39 is 0 Å². The Morgan fingerprint density at radius 2 is 2.05 bits per heavy atom. The Morgan fingerprint density at radius 1 is 1.30 bits per heavy atom. The molecule has 0 amide bonds. The van der Waals surface area contributed by atoms with Gasteiger partial charge >= 0.3 is 0 Å². The number of rotatable bonds is 6. The summed E-state index contributed by atoms with van der Waals surface area (Å²) < 4.78 is 1.80. The van der Waals surface area contributed by atoms with E-state index in [1.807, 2.05) is 33.2 Å². The van der Waals surface area contributed by atoms with Crippen LogP contribution in [0.1, 0.15) is 31.3 Å². The lowest BCUT2D eigenvalue weighted by Gasteiger charge is -2.11. The third-order valence-corrected chi connectivity index (χ3v) is 2.86. The minimum absolute atomic E-state index is 0.250. The Bertz CT molecular complexity index is 562. The molecule has 0 saturated heterocycles. The molecule has 2 aromatic rings. The molecular formula is C13H21N7. The Kier molecular flexibility index (Phi) is 4.52. The van der Waals surface area contributed by atoms with Gasteiger partial charge in [-0.25, -0.2) is 15.8 Å². The van der Waals surface area contributed by atoms with Gasteiger partial charge in [0.15, 0.2) is 0 Å². The zero-order valence-corrected chi connectivity index (χ0v) is 12.1. The molecule has 4 N–H and O–H groups in total. The summed E-state index contributed by atoms with van der Waals surface area (Å²) in [7, 11) is 1.91. The second kappa shape index (κ2) is 6.33. The highest BCUT2D eigenvalue weighted by molar-refractivity contribution is 5.47. The van der Waals surface area contributed by atoms with Gasteiger partial charge in [-0.2, -0.15) is 5.10 Å². The maximum absolute atomic E-state index is 5.43. The average molecular weight is 275 g/mol. The number of nitrogens with one attached hydrogen (secondary N) is 2. The number of nitrogen functional groups attached to an aromatic ring is 1. The van der Waals surface area contributed by atoms with Crippen LogP contribution in [0.15, 0.2) is 18.3 Å². The minimum Gasteiger partial charge on any atom is -0.370 e. The van der Waals surface area contributed by atoms with Gasteiger partial charge < -0.3 is 10.7 Å². The van der Waals surface area contributed by atoms with Gasteiger partial charge in [0, 0.05) is 38.2 Å². The van der Waals surface area contributed by atoms with Gasteiger partial charge in [0.1, 0.15) is 17.5 Å². The molecular weight excluding hydrogens is 254 g/mol. The van der Waals surface area contributed by atoms with Crippen LogP contribution in [-0.4, -0.2) is 26.3 Å². The van der Waals surface area contributed by atoms with Crippen LogP contribution in [0.4, 0.5) is 11.6 Å². The van der Waals surface area contributed by atoms with Crippen LogP contribution in [0.5, 0.6) is 0 Å². The molecule has 0 bridgehead atoms. The first-order valence-electron chi connectivity index (χ1n) is 6.66. The molecule has 0 saturated carbocycles. The molecule has 2 aromatic heterocycles. The summed E-state index contributed by atoms with van der Waals surface area (Å²) >= 11 is 0. The first kappa shape index (κ1) is 14.3. The lowest BCUT2D eigenvalue weighted by molar-refractivity contribution is 0.741. The zero-order chi connectivity index (χ0) is 14.5. The van der Waals surface area contributed by atoms with Crippen molar-refractivity contribution in [3.8, 4) is 0 Å². The number of aryl methyl sites for hydroxylation is 1. The van der Waals surface area contributed by atoms with Gasteiger partial charge in [-0.05, 0) is 6.07 Å². The second-order valence-corrected chi connectivity index (χ2v) is 4.95. The molecule has 0 radical (unpaired) electrons. The standard InChI is InChI=1S/C13H21N7/c1-9(2)13-16-11(8-12(17-13)18-14)15-6-4-10-5-7-20(3)19-10/h5,7-9H,4,6,14H2,1-3H3,(H2,15,16,17,18). The Balaban J connectivity index is 1.99. The van der Waals surface area contributed by atoms with E-state index in [0.717, 1.165) is 30.3 Å². The van der Waals surface area contributed by atoms with Gasteiger partial charge in [0.25, 0.3) is 0 Å². The maximum Gasteiger partial charge on any atom is 0.145 e. The Morgan fingerprint density at radius 3 is 2.65 bits per heavy atom. The smallest absolute Gasteiger partial charge is 0.145 e. The maximum atomic E-state index is 5.43. The molecule has 0 aliphatic carbocycles. The van der Waals surface area contributed by atoms with Crippen molar-refractivity contribution in [1.29, 1.82) is 0 Å². The van der Waals surface area contributed by atoms with Gasteiger partial charge in [0.2, 0.25) is 0 Å².